The number of rotatable bonds is 6. The van der Waals surface area contributed by atoms with Crippen molar-refractivity contribution in [3.8, 4) is 44.5 Å². The van der Waals surface area contributed by atoms with Gasteiger partial charge < -0.3 is 9.32 Å². The molecule has 1 aliphatic rings. The molecule has 270 valence electrons. The van der Waals surface area contributed by atoms with Gasteiger partial charge in [-0.3, -0.25) is 0 Å². The zero-order valence-electron chi connectivity index (χ0n) is 31.9. The van der Waals surface area contributed by atoms with Crippen molar-refractivity contribution in [1.29, 1.82) is 0 Å². The van der Waals surface area contributed by atoms with Gasteiger partial charge in [-0.2, -0.15) is 0 Å². The fourth-order valence-corrected chi connectivity index (χ4v) is 9.23. The highest BCUT2D eigenvalue weighted by molar-refractivity contribution is 6.23. The molecule has 0 N–H and O–H groups in total. The fourth-order valence-electron chi connectivity index (χ4n) is 9.23. The first-order valence-electron chi connectivity index (χ1n) is 19.8. The number of anilines is 3. The van der Waals surface area contributed by atoms with Gasteiger partial charge in [0, 0.05) is 27.6 Å². The standard InChI is InChI=1S/C55H39NO/c1-55(2)49-22-12-11-19-44(49)45-33-32-42(34-50(45)55)56(41-30-28-39(29-31-41)38-26-24-37(25-27-38)36-14-5-3-6-15-36)51-23-13-21-47-53-46-20-10-9-18-43(46)48(35-52(53)57-54(47)51)40-16-7-4-8-17-40/h3-35H,1-2H3. The number of para-hydroxylation sites is 1. The first kappa shape index (κ1) is 33.2. The highest BCUT2D eigenvalue weighted by Gasteiger charge is 2.36. The smallest absolute Gasteiger partial charge is 0.159 e. The van der Waals surface area contributed by atoms with Crippen molar-refractivity contribution in [3.63, 3.8) is 0 Å². The summed E-state index contributed by atoms with van der Waals surface area (Å²) < 4.78 is 7.06. The van der Waals surface area contributed by atoms with Gasteiger partial charge >= 0.3 is 0 Å². The quantitative estimate of drug-likeness (QED) is 0.169. The molecule has 9 aromatic carbocycles. The van der Waals surface area contributed by atoms with E-state index >= 15 is 0 Å². The van der Waals surface area contributed by atoms with Crippen LogP contribution < -0.4 is 4.90 Å². The molecule has 1 aromatic heterocycles. The maximum atomic E-state index is 7.06. The molecule has 0 unspecified atom stereocenters. The SMILES string of the molecule is CC1(C)c2ccccc2-c2ccc(N(c3ccc(-c4ccc(-c5ccccc5)cc4)cc3)c3cccc4c3oc3cc(-c5ccccc5)c5ccccc5c34)cc21. The third-order valence-electron chi connectivity index (χ3n) is 12.1. The van der Waals surface area contributed by atoms with Gasteiger partial charge in [-0.15, -0.1) is 0 Å². The third-order valence-corrected chi connectivity index (χ3v) is 12.1. The fraction of sp³-hybridized carbons (Fsp3) is 0.0545. The summed E-state index contributed by atoms with van der Waals surface area (Å²) in [7, 11) is 0. The van der Waals surface area contributed by atoms with Gasteiger partial charge in [0.15, 0.2) is 5.58 Å². The highest BCUT2D eigenvalue weighted by Crippen LogP contribution is 2.52. The predicted octanol–water partition coefficient (Wildman–Crippen LogP) is 15.5. The van der Waals surface area contributed by atoms with Crippen LogP contribution in [0, 0.1) is 0 Å². The van der Waals surface area contributed by atoms with Crippen molar-refractivity contribution in [2.75, 3.05) is 4.90 Å². The van der Waals surface area contributed by atoms with Crippen LogP contribution in [0.25, 0.3) is 77.2 Å². The summed E-state index contributed by atoms with van der Waals surface area (Å²) in [5, 5.41) is 4.65. The van der Waals surface area contributed by atoms with Crippen LogP contribution in [0.4, 0.5) is 17.1 Å². The van der Waals surface area contributed by atoms with Crippen molar-refractivity contribution in [1.82, 2.24) is 0 Å². The minimum absolute atomic E-state index is 0.137. The van der Waals surface area contributed by atoms with E-state index in [4.69, 9.17) is 4.42 Å². The predicted molar refractivity (Wildman–Crippen MR) is 240 cm³/mol. The zero-order chi connectivity index (χ0) is 38.1. The van der Waals surface area contributed by atoms with Crippen LogP contribution >= 0.6 is 0 Å². The zero-order valence-corrected chi connectivity index (χ0v) is 31.9. The van der Waals surface area contributed by atoms with E-state index in [-0.39, 0.29) is 5.41 Å². The van der Waals surface area contributed by atoms with Crippen molar-refractivity contribution in [2.24, 2.45) is 0 Å². The molecule has 11 rings (SSSR count). The van der Waals surface area contributed by atoms with E-state index in [9.17, 15) is 0 Å². The number of fused-ring (bicyclic) bond motifs is 8. The van der Waals surface area contributed by atoms with Gasteiger partial charge in [-0.25, -0.2) is 0 Å². The Morgan fingerprint density at radius 1 is 0.386 bits per heavy atom. The van der Waals surface area contributed by atoms with Gasteiger partial charge in [0.05, 0.1) is 5.69 Å². The number of hydrogen-bond acceptors (Lipinski definition) is 2. The van der Waals surface area contributed by atoms with E-state index in [1.807, 2.05) is 0 Å². The Labute approximate surface area is 332 Å². The second kappa shape index (κ2) is 13.0. The van der Waals surface area contributed by atoms with Crippen LogP contribution in [0.15, 0.2) is 205 Å². The van der Waals surface area contributed by atoms with E-state index in [1.165, 1.54) is 66.4 Å². The molecule has 0 atom stereocenters. The van der Waals surface area contributed by atoms with Crippen LogP contribution in [-0.2, 0) is 5.41 Å². The first-order valence-corrected chi connectivity index (χ1v) is 19.8. The summed E-state index contributed by atoms with van der Waals surface area (Å²) in [5.74, 6) is 0. The number of benzene rings is 9. The molecule has 0 saturated carbocycles. The van der Waals surface area contributed by atoms with Crippen LogP contribution in [0.3, 0.4) is 0 Å². The largest absolute Gasteiger partial charge is 0.454 e. The number of furan rings is 1. The second-order valence-electron chi connectivity index (χ2n) is 15.7. The van der Waals surface area contributed by atoms with Gasteiger partial charge in [0.2, 0.25) is 0 Å². The van der Waals surface area contributed by atoms with Gasteiger partial charge in [-0.05, 0) is 103 Å². The lowest BCUT2D eigenvalue weighted by Crippen LogP contribution is -2.16. The third kappa shape index (κ3) is 5.33. The topological polar surface area (TPSA) is 16.4 Å². The monoisotopic (exact) mass is 729 g/mol. The lowest BCUT2D eigenvalue weighted by molar-refractivity contribution is 0.660. The van der Waals surface area contributed by atoms with E-state index in [2.05, 4.69) is 219 Å². The van der Waals surface area contributed by atoms with E-state index < -0.39 is 0 Å². The van der Waals surface area contributed by atoms with Crippen LogP contribution in [-0.4, -0.2) is 0 Å². The average Bonchev–Trinajstić information content (AvgIpc) is 3.77. The highest BCUT2D eigenvalue weighted by atomic mass is 16.3. The van der Waals surface area contributed by atoms with Gasteiger partial charge in [0.1, 0.15) is 5.58 Å². The molecule has 0 spiro atoms. The van der Waals surface area contributed by atoms with E-state index in [0.717, 1.165) is 39.0 Å². The molecule has 2 heteroatoms. The normalized spacial score (nSPS) is 12.9. The van der Waals surface area contributed by atoms with Crippen molar-refractivity contribution >= 4 is 49.8 Å². The molecule has 2 nitrogen and oxygen atoms in total. The molecule has 0 bridgehead atoms. The Balaban J connectivity index is 1.09. The van der Waals surface area contributed by atoms with E-state index in [1.54, 1.807) is 0 Å². The van der Waals surface area contributed by atoms with Crippen LogP contribution in [0.2, 0.25) is 0 Å². The molecule has 57 heavy (non-hydrogen) atoms. The maximum Gasteiger partial charge on any atom is 0.159 e. The molecule has 0 fully saturated rings. The molecule has 0 radical (unpaired) electrons. The number of nitrogens with zero attached hydrogens (tertiary/aromatic N) is 1. The number of hydrogen-bond donors (Lipinski definition) is 0. The lowest BCUT2D eigenvalue weighted by atomic mass is 9.82. The lowest BCUT2D eigenvalue weighted by Gasteiger charge is -2.28. The van der Waals surface area contributed by atoms with Crippen molar-refractivity contribution < 1.29 is 4.42 Å². The Kier molecular flexibility index (Phi) is 7.55. The Morgan fingerprint density at radius 2 is 0.930 bits per heavy atom. The molecule has 10 aromatic rings. The summed E-state index contributed by atoms with van der Waals surface area (Å²) in [5.41, 5.74) is 17.2. The molecular weight excluding hydrogens is 691 g/mol. The Bertz CT molecular complexity index is 3120. The molecule has 0 aliphatic heterocycles. The molecular formula is C55H39NO. The second-order valence-corrected chi connectivity index (χ2v) is 15.7. The summed E-state index contributed by atoms with van der Waals surface area (Å²) >= 11 is 0. The Morgan fingerprint density at radius 3 is 1.65 bits per heavy atom. The van der Waals surface area contributed by atoms with Crippen molar-refractivity contribution in [3.05, 3.63) is 211 Å². The summed E-state index contributed by atoms with van der Waals surface area (Å²) in [6.07, 6.45) is 0. The molecule has 1 heterocycles. The van der Waals surface area contributed by atoms with Gasteiger partial charge in [0.25, 0.3) is 0 Å². The Hall–Kier alpha value is -7.16. The summed E-state index contributed by atoms with van der Waals surface area (Å²) in [6.45, 7) is 4.69. The van der Waals surface area contributed by atoms with Crippen LogP contribution in [0.1, 0.15) is 25.0 Å². The first-order chi connectivity index (χ1) is 28.0. The summed E-state index contributed by atoms with van der Waals surface area (Å²) in [6, 6.07) is 72.4. The average molecular weight is 730 g/mol. The van der Waals surface area contributed by atoms with Crippen LogP contribution in [0.5, 0.6) is 0 Å². The molecule has 1 aliphatic carbocycles. The minimum Gasteiger partial charge on any atom is -0.454 e. The summed E-state index contributed by atoms with van der Waals surface area (Å²) in [4.78, 5) is 2.38. The van der Waals surface area contributed by atoms with E-state index in [0.29, 0.717) is 0 Å². The van der Waals surface area contributed by atoms with Crippen molar-refractivity contribution in [2.45, 2.75) is 19.3 Å². The molecule has 0 amide bonds. The minimum atomic E-state index is -0.137. The maximum absolute atomic E-state index is 7.06. The molecule has 0 saturated heterocycles. The van der Waals surface area contributed by atoms with Gasteiger partial charge in [-0.1, -0.05) is 178 Å².